The largest absolute Gasteiger partial charge is 0.393 e. The normalized spacial score (nSPS) is 50.0. The van der Waals surface area contributed by atoms with Gasteiger partial charge in [-0.3, -0.25) is 0 Å². The molecular formula is C24H39NO. The van der Waals surface area contributed by atoms with E-state index < -0.39 is 0 Å². The number of allylic oxidation sites excluding steroid dienone is 1. The summed E-state index contributed by atoms with van der Waals surface area (Å²) < 4.78 is 0. The highest BCUT2D eigenvalue weighted by molar-refractivity contribution is 5.25. The molecule has 0 saturated heterocycles. The standard InChI is InChI=1S/C24H39NO/c1-5-12-24(4,25)21-9-8-19-18-7-6-16-15-17(26)10-13-22(16,2)20(18)11-14-23(19,21)3/h5-6,17-21,26H,1,7-15,25H2,2-4H3/t17-,18-,19-,20-,21-,22-,23-,24-/m0/s1. The van der Waals surface area contributed by atoms with Crippen LogP contribution in [-0.2, 0) is 0 Å². The van der Waals surface area contributed by atoms with Crippen LogP contribution in [0.25, 0.3) is 0 Å². The number of nitrogens with two attached hydrogens (primary N) is 1. The molecule has 0 aromatic heterocycles. The summed E-state index contributed by atoms with van der Waals surface area (Å²) in [7, 11) is 0. The first-order chi connectivity index (χ1) is 12.2. The number of hydrogen-bond acceptors (Lipinski definition) is 2. The number of rotatable bonds is 3. The SMILES string of the molecule is C=CC[C@](C)(N)[C@H]1CC[C@H]2[C@@H]3CC=C4C[C@@H](O)CC[C@]4(C)[C@H]3CC[C@@]21C. The third kappa shape index (κ3) is 2.58. The van der Waals surface area contributed by atoms with Crippen LogP contribution in [0.5, 0.6) is 0 Å². The predicted molar refractivity (Wildman–Crippen MR) is 109 cm³/mol. The van der Waals surface area contributed by atoms with Gasteiger partial charge in [0.1, 0.15) is 0 Å². The van der Waals surface area contributed by atoms with Crippen molar-refractivity contribution in [1.29, 1.82) is 0 Å². The molecule has 2 nitrogen and oxygen atoms in total. The fourth-order valence-electron chi connectivity index (χ4n) is 8.18. The molecule has 0 radical (unpaired) electrons. The number of aliphatic hydroxyl groups is 1. The average Bonchev–Trinajstić information content (AvgIpc) is 2.93. The maximum absolute atomic E-state index is 10.2. The van der Waals surface area contributed by atoms with E-state index in [1.807, 2.05) is 6.08 Å². The van der Waals surface area contributed by atoms with Gasteiger partial charge in [0, 0.05) is 5.54 Å². The van der Waals surface area contributed by atoms with Crippen molar-refractivity contribution in [1.82, 2.24) is 0 Å². The average molecular weight is 358 g/mol. The molecule has 0 amide bonds. The molecule has 146 valence electrons. The number of fused-ring (bicyclic) bond motifs is 5. The van der Waals surface area contributed by atoms with E-state index in [0.29, 0.717) is 16.7 Å². The van der Waals surface area contributed by atoms with Gasteiger partial charge in [-0.1, -0.05) is 31.6 Å². The predicted octanol–water partition coefficient (Wildman–Crippen LogP) is 5.22. The van der Waals surface area contributed by atoms with Crippen molar-refractivity contribution in [3.63, 3.8) is 0 Å². The molecule has 0 aliphatic heterocycles. The van der Waals surface area contributed by atoms with Gasteiger partial charge in [-0.05, 0) is 99.2 Å². The summed E-state index contributed by atoms with van der Waals surface area (Å²) in [4.78, 5) is 0. The Morgan fingerprint density at radius 3 is 2.73 bits per heavy atom. The Kier molecular flexibility index (Phi) is 4.47. The highest BCUT2D eigenvalue weighted by atomic mass is 16.3. The van der Waals surface area contributed by atoms with Crippen molar-refractivity contribution < 1.29 is 5.11 Å². The molecule has 4 rings (SSSR count). The van der Waals surface area contributed by atoms with Crippen LogP contribution in [0.3, 0.4) is 0 Å². The summed E-state index contributed by atoms with van der Waals surface area (Å²) >= 11 is 0. The van der Waals surface area contributed by atoms with E-state index in [4.69, 9.17) is 5.73 Å². The fraction of sp³-hybridized carbons (Fsp3) is 0.833. The molecule has 4 aliphatic rings. The molecular weight excluding hydrogens is 318 g/mol. The zero-order valence-electron chi connectivity index (χ0n) is 17.1. The minimum absolute atomic E-state index is 0.104. The van der Waals surface area contributed by atoms with Crippen molar-refractivity contribution in [2.75, 3.05) is 0 Å². The first kappa shape index (κ1) is 18.7. The van der Waals surface area contributed by atoms with Crippen LogP contribution in [0.2, 0.25) is 0 Å². The van der Waals surface area contributed by atoms with Gasteiger partial charge >= 0.3 is 0 Å². The lowest BCUT2D eigenvalue weighted by molar-refractivity contribution is -0.0593. The first-order valence-corrected chi connectivity index (χ1v) is 11.0. The van der Waals surface area contributed by atoms with E-state index in [1.165, 1.54) is 38.5 Å². The van der Waals surface area contributed by atoms with E-state index in [-0.39, 0.29) is 11.6 Å². The molecule has 3 fully saturated rings. The lowest BCUT2D eigenvalue weighted by Crippen LogP contribution is -2.55. The van der Waals surface area contributed by atoms with Crippen LogP contribution >= 0.6 is 0 Å². The Labute approximate surface area is 160 Å². The zero-order valence-corrected chi connectivity index (χ0v) is 17.1. The molecule has 26 heavy (non-hydrogen) atoms. The quantitative estimate of drug-likeness (QED) is 0.680. The Hall–Kier alpha value is -0.600. The Bertz CT molecular complexity index is 607. The zero-order chi connectivity index (χ0) is 18.7. The monoisotopic (exact) mass is 357 g/mol. The van der Waals surface area contributed by atoms with E-state index >= 15 is 0 Å². The van der Waals surface area contributed by atoms with Gasteiger partial charge in [0.2, 0.25) is 0 Å². The van der Waals surface area contributed by atoms with Gasteiger partial charge in [0.25, 0.3) is 0 Å². The molecule has 3 saturated carbocycles. The summed E-state index contributed by atoms with van der Waals surface area (Å²) in [5.41, 5.74) is 9.02. The van der Waals surface area contributed by atoms with Crippen LogP contribution in [0.1, 0.15) is 78.6 Å². The second-order valence-electron chi connectivity index (χ2n) is 10.8. The molecule has 0 aromatic carbocycles. The summed E-state index contributed by atoms with van der Waals surface area (Å²) in [5.74, 6) is 3.07. The molecule has 0 aromatic rings. The Balaban J connectivity index is 1.63. The van der Waals surface area contributed by atoms with E-state index in [0.717, 1.165) is 37.0 Å². The molecule has 3 N–H and O–H groups in total. The van der Waals surface area contributed by atoms with Gasteiger partial charge in [-0.25, -0.2) is 0 Å². The van der Waals surface area contributed by atoms with Crippen LogP contribution < -0.4 is 5.73 Å². The Morgan fingerprint density at radius 1 is 1.23 bits per heavy atom. The van der Waals surface area contributed by atoms with Crippen LogP contribution in [0.4, 0.5) is 0 Å². The molecule has 2 heteroatoms. The Morgan fingerprint density at radius 2 is 2.00 bits per heavy atom. The smallest absolute Gasteiger partial charge is 0.0577 e. The highest BCUT2D eigenvalue weighted by Crippen LogP contribution is 2.67. The fourth-order valence-corrected chi connectivity index (χ4v) is 8.18. The molecule has 4 aliphatic carbocycles. The van der Waals surface area contributed by atoms with E-state index in [1.54, 1.807) is 5.57 Å². The van der Waals surface area contributed by atoms with E-state index in [2.05, 4.69) is 33.4 Å². The molecule has 0 unspecified atom stereocenters. The molecule has 0 spiro atoms. The highest BCUT2D eigenvalue weighted by Gasteiger charge is 2.60. The number of aliphatic hydroxyl groups excluding tert-OH is 1. The van der Waals surface area contributed by atoms with Crippen molar-refractivity contribution >= 4 is 0 Å². The van der Waals surface area contributed by atoms with Gasteiger partial charge in [-0.2, -0.15) is 0 Å². The van der Waals surface area contributed by atoms with Crippen molar-refractivity contribution in [3.8, 4) is 0 Å². The number of hydrogen-bond donors (Lipinski definition) is 2. The molecule has 0 heterocycles. The van der Waals surface area contributed by atoms with Crippen molar-refractivity contribution in [2.45, 2.75) is 90.2 Å². The molecule has 0 bridgehead atoms. The summed E-state index contributed by atoms with van der Waals surface area (Å²) in [6.45, 7) is 11.3. The second-order valence-corrected chi connectivity index (χ2v) is 10.8. The molecule has 8 atom stereocenters. The minimum Gasteiger partial charge on any atom is -0.393 e. The van der Waals surface area contributed by atoms with Crippen molar-refractivity contribution in [2.24, 2.45) is 40.2 Å². The van der Waals surface area contributed by atoms with Crippen molar-refractivity contribution in [3.05, 3.63) is 24.3 Å². The van der Waals surface area contributed by atoms with Crippen LogP contribution in [0.15, 0.2) is 24.3 Å². The van der Waals surface area contributed by atoms with Crippen LogP contribution in [0, 0.1) is 34.5 Å². The second kappa shape index (κ2) is 6.21. The van der Waals surface area contributed by atoms with Gasteiger partial charge < -0.3 is 10.8 Å². The topological polar surface area (TPSA) is 46.2 Å². The maximum atomic E-state index is 10.2. The third-order valence-electron chi connectivity index (χ3n) is 9.46. The van der Waals surface area contributed by atoms with Gasteiger partial charge in [0.05, 0.1) is 6.10 Å². The lowest BCUT2D eigenvalue weighted by Gasteiger charge is -2.59. The van der Waals surface area contributed by atoms with E-state index in [9.17, 15) is 5.11 Å². The third-order valence-corrected chi connectivity index (χ3v) is 9.46. The summed E-state index contributed by atoms with van der Waals surface area (Å²) in [5, 5.41) is 10.2. The van der Waals surface area contributed by atoms with Gasteiger partial charge in [0.15, 0.2) is 0 Å². The van der Waals surface area contributed by atoms with Crippen LogP contribution in [-0.4, -0.2) is 16.7 Å². The lowest BCUT2D eigenvalue weighted by atomic mass is 9.46. The maximum Gasteiger partial charge on any atom is 0.0577 e. The van der Waals surface area contributed by atoms with Gasteiger partial charge in [-0.15, -0.1) is 6.58 Å². The summed E-state index contributed by atoms with van der Waals surface area (Å²) in [6, 6.07) is 0. The summed E-state index contributed by atoms with van der Waals surface area (Å²) in [6.07, 6.45) is 15.0. The first-order valence-electron chi connectivity index (χ1n) is 11.0. The minimum atomic E-state index is -0.118.